The van der Waals surface area contributed by atoms with E-state index in [0.717, 1.165) is 5.76 Å². The molecule has 1 aromatic rings. The van der Waals surface area contributed by atoms with Crippen molar-refractivity contribution in [3.05, 3.63) is 24.2 Å². The molecule has 0 aromatic carbocycles. The molecule has 1 N–H and O–H groups in total. The van der Waals surface area contributed by atoms with Gasteiger partial charge in [-0.2, -0.15) is 0 Å². The number of carbonyl (C=O) groups is 1. The highest BCUT2D eigenvalue weighted by atomic mass is 32.2. The number of amides is 1. The Morgan fingerprint density at radius 3 is 2.67 bits per heavy atom. The maximum atomic E-state index is 12.2. The molecular formula is C14H22N2O4S. The van der Waals surface area contributed by atoms with Crippen molar-refractivity contribution in [1.29, 1.82) is 0 Å². The highest BCUT2D eigenvalue weighted by Gasteiger charge is 2.29. The van der Waals surface area contributed by atoms with E-state index < -0.39 is 10.0 Å². The number of piperidine rings is 1. The third-order valence-corrected chi connectivity index (χ3v) is 5.07. The molecule has 2 heterocycles. The average molecular weight is 314 g/mol. The van der Waals surface area contributed by atoms with Gasteiger partial charge in [-0.25, -0.2) is 12.7 Å². The first-order valence-electron chi connectivity index (χ1n) is 7.14. The van der Waals surface area contributed by atoms with Crippen LogP contribution in [0.2, 0.25) is 0 Å². The molecule has 0 unspecified atom stereocenters. The molecule has 6 nitrogen and oxygen atoms in total. The van der Waals surface area contributed by atoms with E-state index >= 15 is 0 Å². The summed E-state index contributed by atoms with van der Waals surface area (Å²) in [5, 5.41) is 2.97. The molecule has 1 saturated heterocycles. The first-order valence-corrected chi connectivity index (χ1v) is 8.99. The van der Waals surface area contributed by atoms with Crippen LogP contribution in [0, 0.1) is 5.92 Å². The minimum Gasteiger partial charge on any atom is -0.469 e. The van der Waals surface area contributed by atoms with Crippen LogP contribution in [0.5, 0.6) is 0 Å². The average Bonchev–Trinajstić information content (AvgIpc) is 2.90. The van der Waals surface area contributed by atoms with Crippen LogP contribution in [0.1, 0.15) is 25.5 Å². The van der Waals surface area contributed by atoms with Crippen LogP contribution in [0.15, 0.2) is 22.8 Å². The van der Waals surface area contributed by atoms with Gasteiger partial charge in [0.25, 0.3) is 0 Å². The van der Waals surface area contributed by atoms with Gasteiger partial charge in [0.2, 0.25) is 15.9 Å². The largest absolute Gasteiger partial charge is 0.469 e. The Morgan fingerprint density at radius 1 is 1.48 bits per heavy atom. The molecule has 0 saturated carbocycles. The van der Waals surface area contributed by atoms with Gasteiger partial charge < -0.3 is 9.73 Å². The van der Waals surface area contributed by atoms with Crippen LogP contribution in [-0.2, 0) is 21.2 Å². The van der Waals surface area contributed by atoms with E-state index in [9.17, 15) is 13.2 Å². The Bertz CT molecular complexity index is 560. The lowest BCUT2D eigenvalue weighted by atomic mass is 9.96. The van der Waals surface area contributed by atoms with E-state index in [2.05, 4.69) is 5.32 Å². The summed E-state index contributed by atoms with van der Waals surface area (Å²) in [7, 11) is -3.14. The number of nitrogens with zero attached hydrogens (tertiary/aromatic N) is 1. The van der Waals surface area contributed by atoms with E-state index in [0.29, 0.717) is 32.4 Å². The lowest BCUT2D eigenvalue weighted by Crippen LogP contribution is -2.44. The van der Waals surface area contributed by atoms with Gasteiger partial charge in [-0.05, 0) is 31.9 Å². The van der Waals surface area contributed by atoms with Crippen molar-refractivity contribution < 1.29 is 17.6 Å². The summed E-state index contributed by atoms with van der Waals surface area (Å²) < 4.78 is 29.6. The molecule has 0 spiro atoms. The Kier molecular flexibility index (Phi) is 5.05. The van der Waals surface area contributed by atoms with Gasteiger partial charge in [0.15, 0.2) is 0 Å². The summed E-state index contributed by atoms with van der Waals surface area (Å²) in [5.74, 6) is 0.735. The van der Waals surface area contributed by atoms with Crippen molar-refractivity contribution in [2.45, 2.75) is 32.2 Å². The number of hydrogen-bond donors (Lipinski definition) is 1. The minimum atomic E-state index is -3.14. The van der Waals surface area contributed by atoms with E-state index in [1.165, 1.54) is 10.6 Å². The summed E-state index contributed by atoms with van der Waals surface area (Å²) in [5.41, 5.74) is 0. The molecule has 2 rings (SSSR count). The molecule has 1 amide bonds. The third kappa shape index (κ3) is 4.57. The van der Waals surface area contributed by atoms with Crippen LogP contribution in [0.3, 0.4) is 0 Å². The van der Waals surface area contributed by atoms with Crippen LogP contribution >= 0.6 is 0 Å². The van der Waals surface area contributed by atoms with E-state index in [1.807, 2.05) is 19.1 Å². The molecule has 0 radical (unpaired) electrons. The zero-order chi connectivity index (χ0) is 15.5. The fourth-order valence-corrected chi connectivity index (χ4v) is 3.47. The van der Waals surface area contributed by atoms with Crippen molar-refractivity contribution >= 4 is 15.9 Å². The molecule has 1 aliphatic rings. The minimum absolute atomic E-state index is 0.00204. The van der Waals surface area contributed by atoms with Gasteiger partial charge in [0.05, 0.1) is 12.5 Å². The fourth-order valence-electron chi connectivity index (χ4n) is 2.59. The molecular weight excluding hydrogens is 292 g/mol. The molecule has 7 heteroatoms. The highest BCUT2D eigenvalue weighted by Crippen LogP contribution is 2.19. The normalized spacial score (nSPS) is 19.3. The predicted molar refractivity (Wildman–Crippen MR) is 79.2 cm³/mol. The molecule has 0 bridgehead atoms. The number of sulfonamides is 1. The van der Waals surface area contributed by atoms with Gasteiger partial charge >= 0.3 is 0 Å². The Labute approximate surface area is 125 Å². The predicted octanol–water partition coefficient (Wildman–Crippen LogP) is 0.998. The Morgan fingerprint density at radius 2 is 2.14 bits per heavy atom. The maximum Gasteiger partial charge on any atom is 0.223 e. The summed E-state index contributed by atoms with van der Waals surface area (Å²) in [6, 6.07) is 3.70. The standard InChI is InChI=1S/C14H22N2O4S/c1-11(10-13-4-3-9-20-13)15-14(17)12-5-7-16(8-6-12)21(2,18)19/h3-4,9,11-12H,5-8,10H2,1-2H3,(H,15,17)/t11-/m1/s1. The summed E-state index contributed by atoms with van der Waals surface area (Å²) in [4.78, 5) is 12.2. The smallest absolute Gasteiger partial charge is 0.223 e. The van der Waals surface area contributed by atoms with E-state index in [-0.39, 0.29) is 17.9 Å². The molecule has 1 atom stereocenters. The van der Waals surface area contributed by atoms with Crippen molar-refractivity contribution in [3.63, 3.8) is 0 Å². The number of rotatable bonds is 5. The van der Waals surface area contributed by atoms with E-state index in [1.54, 1.807) is 6.26 Å². The van der Waals surface area contributed by atoms with Crippen LogP contribution in [0.25, 0.3) is 0 Å². The Balaban J connectivity index is 1.79. The van der Waals surface area contributed by atoms with Gasteiger partial charge in [-0.1, -0.05) is 0 Å². The first-order chi connectivity index (χ1) is 9.86. The zero-order valence-electron chi connectivity index (χ0n) is 12.4. The van der Waals surface area contributed by atoms with Gasteiger partial charge in [0, 0.05) is 31.5 Å². The van der Waals surface area contributed by atoms with Crippen molar-refractivity contribution in [1.82, 2.24) is 9.62 Å². The molecule has 0 aliphatic carbocycles. The molecule has 21 heavy (non-hydrogen) atoms. The van der Waals surface area contributed by atoms with Gasteiger partial charge in [0.1, 0.15) is 5.76 Å². The second-order valence-electron chi connectivity index (χ2n) is 5.63. The van der Waals surface area contributed by atoms with Gasteiger partial charge in [-0.3, -0.25) is 4.79 Å². The molecule has 1 aliphatic heterocycles. The molecule has 1 fully saturated rings. The lowest BCUT2D eigenvalue weighted by molar-refractivity contribution is -0.126. The molecule has 1 aromatic heterocycles. The quantitative estimate of drug-likeness (QED) is 0.879. The zero-order valence-corrected chi connectivity index (χ0v) is 13.2. The Hall–Kier alpha value is -1.34. The van der Waals surface area contributed by atoms with E-state index in [4.69, 9.17) is 4.42 Å². The van der Waals surface area contributed by atoms with Crippen LogP contribution in [-0.4, -0.2) is 44.0 Å². The van der Waals surface area contributed by atoms with Crippen LogP contribution in [0.4, 0.5) is 0 Å². The van der Waals surface area contributed by atoms with Crippen molar-refractivity contribution in [2.75, 3.05) is 19.3 Å². The number of nitrogens with one attached hydrogen (secondary N) is 1. The van der Waals surface area contributed by atoms with Crippen molar-refractivity contribution in [3.8, 4) is 0 Å². The first kappa shape index (κ1) is 16.0. The van der Waals surface area contributed by atoms with Crippen molar-refractivity contribution in [2.24, 2.45) is 5.92 Å². The second kappa shape index (κ2) is 6.62. The third-order valence-electron chi connectivity index (χ3n) is 3.77. The SMILES string of the molecule is C[C@H](Cc1ccco1)NC(=O)C1CCN(S(C)(=O)=O)CC1. The fraction of sp³-hybridized carbons (Fsp3) is 0.643. The molecule has 118 valence electrons. The summed E-state index contributed by atoms with van der Waals surface area (Å²) in [6.07, 6.45) is 4.63. The maximum absolute atomic E-state index is 12.2. The van der Waals surface area contributed by atoms with Gasteiger partial charge in [-0.15, -0.1) is 0 Å². The monoisotopic (exact) mass is 314 g/mol. The number of carbonyl (C=O) groups excluding carboxylic acids is 1. The lowest BCUT2D eigenvalue weighted by Gasteiger charge is -2.30. The highest BCUT2D eigenvalue weighted by molar-refractivity contribution is 7.88. The summed E-state index contributed by atoms with van der Waals surface area (Å²) >= 11 is 0. The second-order valence-corrected chi connectivity index (χ2v) is 7.61. The van der Waals surface area contributed by atoms with Crippen LogP contribution < -0.4 is 5.32 Å². The number of hydrogen-bond acceptors (Lipinski definition) is 4. The summed E-state index contributed by atoms with van der Waals surface area (Å²) in [6.45, 7) is 2.78. The number of furan rings is 1. The topological polar surface area (TPSA) is 79.6 Å².